The van der Waals surface area contributed by atoms with Crippen LogP contribution in [0.25, 0.3) is 0 Å². The largest absolute Gasteiger partial charge is 0.396 e. The van der Waals surface area contributed by atoms with E-state index in [0.29, 0.717) is 24.1 Å². The summed E-state index contributed by atoms with van der Waals surface area (Å²) in [5.74, 6) is 2.40. The number of rotatable bonds is 4. The Kier molecular flexibility index (Phi) is 3.90. The Morgan fingerprint density at radius 1 is 1.31 bits per heavy atom. The molecule has 1 aromatic heterocycles. The molecular formula is C11H19N3O2. The zero-order valence-electron chi connectivity index (χ0n) is 9.43. The van der Waals surface area contributed by atoms with Crippen molar-refractivity contribution < 1.29 is 9.63 Å². The van der Waals surface area contributed by atoms with Gasteiger partial charge in [-0.1, -0.05) is 5.16 Å². The summed E-state index contributed by atoms with van der Waals surface area (Å²) in [5, 5.41) is 12.6. The van der Waals surface area contributed by atoms with Crippen LogP contribution >= 0.6 is 0 Å². The quantitative estimate of drug-likeness (QED) is 0.793. The van der Waals surface area contributed by atoms with Gasteiger partial charge in [0.05, 0.1) is 6.61 Å². The molecule has 1 aromatic rings. The average molecular weight is 225 g/mol. The molecule has 5 nitrogen and oxygen atoms in total. The molecule has 16 heavy (non-hydrogen) atoms. The Morgan fingerprint density at radius 2 is 2.06 bits per heavy atom. The zero-order valence-corrected chi connectivity index (χ0v) is 9.43. The van der Waals surface area contributed by atoms with E-state index in [9.17, 15) is 0 Å². The summed E-state index contributed by atoms with van der Waals surface area (Å²) in [5.41, 5.74) is 5.65. The first-order chi connectivity index (χ1) is 7.83. The van der Waals surface area contributed by atoms with E-state index in [1.165, 1.54) is 0 Å². The second-order valence-corrected chi connectivity index (χ2v) is 4.48. The van der Waals surface area contributed by atoms with Crippen molar-refractivity contribution in [1.82, 2.24) is 10.1 Å². The van der Waals surface area contributed by atoms with Crippen LogP contribution in [0, 0.1) is 5.92 Å². The van der Waals surface area contributed by atoms with E-state index in [1.54, 1.807) is 0 Å². The third-order valence-corrected chi connectivity index (χ3v) is 3.35. The highest BCUT2D eigenvalue weighted by Gasteiger charge is 2.25. The van der Waals surface area contributed by atoms with Crippen molar-refractivity contribution >= 4 is 0 Å². The van der Waals surface area contributed by atoms with Crippen molar-refractivity contribution in [3.05, 3.63) is 11.7 Å². The van der Waals surface area contributed by atoms with Crippen molar-refractivity contribution in [3.8, 4) is 0 Å². The number of hydrogen-bond donors (Lipinski definition) is 2. The molecule has 0 saturated heterocycles. The van der Waals surface area contributed by atoms with E-state index in [2.05, 4.69) is 10.1 Å². The Bertz CT molecular complexity index is 319. The summed E-state index contributed by atoms with van der Waals surface area (Å²) in [6.07, 6.45) is 4.95. The Morgan fingerprint density at radius 3 is 2.69 bits per heavy atom. The van der Waals surface area contributed by atoms with E-state index >= 15 is 0 Å². The Hall–Kier alpha value is -0.940. The van der Waals surface area contributed by atoms with E-state index in [-0.39, 0.29) is 6.61 Å². The molecule has 5 heteroatoms. The van der Waals surface area contributed by atoms with Gasteiger partial charge in [0, 0.05) is 12.3 Å². The molecule has 0 bridgehead atoms. The van der Waals surface area contributed by atoms with Crippen LogP contribution in [0.1, 0.15) is 43.3 Å². The molecule has 3 N–H and O–H groups in total. The van der Waals surface area contributed by atoms with Gasteiger partial charge in [-0.2, -0.15) is 4.98 Å². The van der Waals surface area contributed by atoms with Crippen molar-refractivity contribution in [3.63, 3.8) is 0 Å². The minimum atomic E-state index is 0.0683. The summed E-state index contributed by atoms with van der Waals surface area (Å²) in [6.45, 7) is 0.852. The van der Waals surface area contributed by atoms with Crippen molar-refractivity contribution in [2.75, 3.05) is 13.2 Å². The molecule has 0 amide bonds. The van der Waals surface area contributed by atoms with Crippen LogP contribution in [0.2, 0.25) is 0 Å². The topological polar surface area (TPSA) is 85.2 Å². The van der Waals surface area contributed by atoms with Crippen LogP contribution in [0.3, 0.4) is 0 Å². The van der Waals surface area contributed by atoms with Gasteiger partial charge in [0.15, 0.2) is 5.82 Å². The van der Waals surface area contributed by atoms with Crippen LogP contribution in [0.4, 0.5) is 0 Å². The van der Waals surface area contributed by atoms with Crippen LogP contribution < -0.4 is 5.73 Å². The lowest BCUT2D eigenvalue weighted by Gasteiger charge is -2.24. The van der Waals surface area contributed by atoms with Crippen molar-refractivity contribution in [2.24, 2.45) is 11.7 Å². The normalized spacial score (nSPS) is 25.9. The molecule has 1 fully saturated rings. The number of aliphatic hydroxyl groups excluding tert-OH is 1. The van der Waals surface area contributed by atoms with Crippen LogP contribution in [-0.2, 0) is 6.42 Å². The molecule has 2 rings (SSSR count). The van der Waals surface area contributed by atoms with Gasteiger partial charge in [-0.05, 0) is 38.1 Å². The minimum absolute atomic E-state index is 0.0683. The van der Waals surface area contributed by atoms with Crippen LogP contribution in [0.5, 0.6) is 0 Å². The molecule has 90 valence electrons. The van der Waals surface area contributed by atoms with Gasteiger partial charge in [-0.15, -0.1) is 0 Å². The average Bonchev–Trinajstić information content (AvgIpc) is 2.78. The smallest absolute Gasteiger partial charge is 0.229 e. The first-order valence-electron chi connectivity index (χ1n) is 5.97. The van der Waals surface area contributed by atoms with Crippen LogP contribution in [-0.4, -0.2) is 28.4 Å². The Labute approximate surface area is 95.0 Å². The monoisotopic (exact) mass is 225 g/mol. The van der Waals surface area contributed by atoms with E-state index in [0.717, 1.165) is 38.1 Å². The number of aromatic nitrogens is 2. The number of nitrogens with zero attached hydrogens (tertiary/aromatic N) is 2. The van der Waals surface area contributed by atoms with Gasteiger partial charge in [-0.25, -0.2) is 0 Å². The molecule has 0 spiro atoms. The fourth-order valence-electron chi connectivity index (χ4n) is 2.28. The predicted octanol–water partition coefficient (Wildman–Crippen LogP) is 0.837. The number of hydrogen-bond acceptors (Lipinski definition) is 5. The number of nitrogens with two attached hydrogens (primary N) is 1. The minimum Gasteiger partial charge on any atom is -0.396 e. The van der Waals surface area contributed by atoms with E-state index in [4.69, 9.17) is 15.4 Å². The zero-order chi connectivity index (χ0) is 11.4. The highest BCUT2D eigenvalue weighted by Crippen LogP contribution is 2.34. The van der Waals surface area contributed by atoms with E-state index < -0.39 is 0 Å². The maximum atomic E-state index is 8.77. The maximum Gasteiger partial charge on any atom is 0.229 e. The van der Waals surface area contributed by atoms with Crippen molar-refractivity contribution in [2.45, 2.75) is 38.0 Å². The third kappa shape index (κ3) is 2.59. The van der Waals surface area contributed by atoms with Gasteiger partial charge < -0.3 is 15.4 Å². The first kappa shape index (κ1) is 11.5. The molecule has 1 heterocycles. The predicted molar refractivity (Wildman–Crippen MR) is 58.8 cm³/mol. The molecule has 0 aromatic carbocycles. The summed E-state index contributed by atoms with van der Waals surface area (Å²) >= 11 is 0. The number of aliphatic hydroxyl groups is 1. The van der Waals surface area contributed by atoms with Gasteiger partial charge in [0.25, 0.3) is 0 Å². The second-order valence-electron chi connectivity index (χ2n) is 4.48. The summed E-state index contributed by atoms with van der Waals surface area (Å²) in [7, 11) is 0. The summed E-state index contributed by atoms with van der Waals surface area (Å²) in [4.78, 5) is 4.31. The lowest BCUT2D eigenvalue weighted by molar-refractivity contribution is 0.271. The fourth-order valence-corrected chi connectivity index (χ4v) is 2.28. The molecule has 1 aliphatic rings. The first-order valence-corrected chi connectivity index (χ1v) is 5.97. The molecule has 0 unspecified atom stereocenters. The molecule has 1 aliphatic carbocycles. The molecule has 0 atom stereocenters. The molecule has 1 saturated carbocycles. The van der Waals surface area contributed by atoms with Gasteiger partial charge in [0.1, 0.15) is 0 Å². The summed E-state index contributed by atoms with van der Waals surface area (Å²) in [6, 6.07) is 0. The fraction of sp³-hybridized carbons (Fsp3) is 0.818. The van der Waals surface area contributed by atoms with Crippen LogP contribution in [0.15, 0.2) is 4.52 Å². The van der Waals surface area contributed by atoms with Gasteiger partial charge in [0.2, 0.25) is 5.89 Å². The standard InChI is InChI=1S/C11H19N3O2/c12-7-8-1-3-9(4-2-8)11-13-10(5-6-15)14-16-11/h8-9,15H,1-7,12H2. The van der Waals surface area contributed by atoms with E-state index in [1.807, 2.05) is 0 Å². The molecular weight excluding hydrogens is 206 g/mol. The van der Waals surface area contributed by atoms with Crippen molar-refractivity contribution in [1.29, 1.82) is 0 Å². The lowest BCUT2D eigenvalue weighted by atomic mass is 9.82. The molecule has 0 radical (unpaired) electrons. The second kappa shape index (κ2) is 5.41. The van der Waals surface area contributed by atoms with Gasteiger partial charge >= 0.3 is 0 Å². The Balaban J connectivity index is 1.92. The highest BCUT2D eigenvalue weighted by molar-refractivity contribution is 4.96. The lowest BCUT2D eigenvalue weighted by Crippen LogP contribution is -2.20. The maximum absolute atomic E-state index is 8.77. The summed E-state index contributed by atoms with van der Waals surface area (Å²) < 4.78 is 5.22. The van der Waals surface area contributed by atoms with Gasteiger partial charge in [-0.3, -0.25) is 0 Å². The third-order valence-electron chi connectivity index (χ3n) is 3.35. The molecule has 0 aliphatic heterocycles. The SMILES string of the molecule is NCC1CCC(c2nc(CCO)no2)CC1. The highest BCUT2D eigenvalue weighted by atomic mass is 16.5.